The normalized spacial score (nSPS) is 25.2. The molecule has 1 N–H and O–H groups in total. The van der Waals surface area contributed by atoms with E-state index in [9.17, 15) is 5.11 Å². The highest BCUT2D eigenvalue weighted by atomic mass is 16.4. The monoisotopic (exact) mass is 273 g/mol. The van der Waals surface area contributed by atoms with E-state index >= 15 is 0 Å². The van der Waals surface area contributed by atoms with Crippen LogP contribution in [0.2, 0.25) is 0 Å². The maximum absolute atomic E-state index is 11.0. The molecule has 1 unspecified atom stereocenters. The summed E-state index contributed by atoms with van der Waals surface area (Å²) in [6.45, 7) is 6.41. The van der Waals surface area contributed by atoms with Crippen molar-refractivity contribution in [1.82, 2.24) is 4.90 Å². The lowest BCUT2D eigenvalue weighted by molar-refractivity contribution is 0.00111. The molecule has 3 rings (SSSR count). The van der Waals surface area contributed by atoms with Crippen LogP contribution in [-0.2, 0) is 5.60 Å². The summed E-state index contributed by atoms with van der Waals surface area (Å²) in [5.74, 6) is 0.726. The Balaban J connectivity index is 1.87. The predicted molar refractivity (Wildman–Crippen MR) is 80.7 cm³/mol. The maximum Gasteiger partial charge on any atom is 0.136 e. The second-order valence-electron chi connectivity index (χ2n) is 6.16. The van der Waals surface area contributed by atoms with Crippen LogP contribution in [0.5, 0.6) is 0 Å². The Morgan fingerprint density at radius 1 is 1.20 bits per heavy atom. The topological polar surface area (TPSA) is 36.6 Å². The number of benzene rings is 1. The average Bonchev–Trinajstić information content (AvgIpc) is 2.76. The number of furan rings is 1. The van der Waals surface area contributed by atoms with Crippen molar-refractivity contribution >= 4 is 11.0 Å². The molecule has 1 fully saturated rings. The van der Waals surface area contributed by atoms with Crippen LogP contribution >= 0.6 is 0 Å². The van der Waals surface area contributed by atoms with Crippen molar-refractivity contribution in [3.05, 3.63) is 36.1 Å². The fourth-order valence-electron chi connectivity index (χ4n) is 3.11. The molecule has 3 heteroatoms. The standard InChI is InChI=1S/C17H23NO2/c1-13(2)18-10-5-8-17(19,9-11-18)16-12-14-6-3-4-7-15(14)20-16/h3-4,6-7,12-13,19H,5,8-11H2,1-2H3. The molecule has 0 saturated carbocycles. The Labute approximate surface area is 120 Å². The summed E-state index contributed by atoms with van der Waals surface area (Å²) >= 11 is 0. The molecule has 0 aliphatic carbocycles. The molecule has 108 valence electrons. The SMILES string of the molecule is CC(C)N1CCCC(O)(c2cc3ccccc3o2)CC1. The van der Waals surface area contributed by atoms with Crippen LogP contribution in [0.4, 0.5) is 0 Å². The summed E-state index contributed by atoms with van der Waals surface area (Å²) in [5.41, 5.74) is 0.0451. The van der Waals surface area contributed by atoms with Crippen molar-refractivity contribution in [3.63, 3.8) is 0 Å². The first-order valence-electron chi connectivity index (χ1n) is 7.54. The van der Waals surface area contributed by atoms with E-state index in [1.165, 1.54) is 0 Å². The highest BCUT2D eigenvalue weighted by Crippen LogP contribution is 2.36. The number of rotatable bonds is 2. The van der Waals surface area contributed by atoms with Gasteiger partial charge in [-0.15, -0.1) is 0 Å². The molecule has 3 nitrogen and oxygen atoms in total. The minimum absolute atomic E-state index is 0.535. The third kappa shape index (κ3) is 2.48. The average molecular weight is 273 g/mol. The molecule has 1 aliphatic rings. The van der Waals surface area contributed by atoms with Crippen LogP contribution in [0.3, 0.4) is 0 Å². The molecule has 20 heavy (non-hydrogen) atoms. The molecule has 2 heterocycles. The van der Waals surface area contributed by atoms with Gasteiger partial charge in [0.2, 0.25) is 0 Å². The number of fused-ring (bicyclic) bond motifs is 1. The van der Waals surface area contributed by atoms with Crippen molar-refractivity contribution < 1.29 is 9.52 Å². The van der Waals surface area contributed by atoms with E-state index in [1.807, 2.05) is 30.3 Å². The molecule has 1 aromatic heterocycles. The van der Waals surface area contributed by atoms with Gasteiger partial charge in [-0.3, -0.25) is 0 Å². The van der Waals surface area contributed by atoms with Gasteiger partial charge in [-0.25, -0.2) is 0 Å². The van der Waals surface area contributed by atoms with Crippen LogP contribution < -0.4 is 0 Å². The summed E-state index contributed by atoms with van der Waals surface area (Å²) < 4.78 is 5.89. The van der Waals surface area contributed by atoms with Crippen molar-refractivity contribution in [2.75, 3.05) is 13.1 Å². The van der Waals surface area contributed by atoms with Gasteiger partial charge in [-0.05, 0) is 51.8 Å². The van der Waals surface area contributed by atoms with E-state index in [1.54, 1.807) is 0 Å². The number of hydrogen-bond donors (Lipinski definition) is 1. The highest BCUT2D eigenvalue weighted by molar-refractivity contribution is 5.77. The molecule has 2 aromatic rings. The quantitative estimate of drug-likeness (QED) is 0.909. The Hall–Kier alpha value is -1.32. The zero-order valence-corrected chi connectivity index (χ0v) is 12.3. The molecule has 0 bridgehead atoms. The minimum Gasteiger partial charge on any atom is -0.458 e. The predicted octanol–water partition coefficient (Wildman–Crippen LogP) is 3.51. The summed E-state index contributed by atoms with van der Waals surface area (Å²) in [5, 5.41) is 12.1. The third-order valence-electron chi connectivity index (χ3n) is 4.46. The van der Waals surface area contributed by atoms with Gasteiger partial charge in [0.05, 0.1) is 0 Å². The van der Waals surface area contributed by atoms with Gasteiger partial charge in [0.15, 0.2) is 0 Å². The third-order valence-corrected chi connectivity index (χ3v) is 4.46. The summed E-state index contributed by atoms with van der Waals surface area (Å²) in [4.78, 5) is 2.43. The van der Waals surface area contributed by atoms with E-state index in [0.29, 0.717) is 6.04 Å². The number of hydrogen-bond acceptors (Lipinski definition) is 3. The van der Waals surface area contributed by atoms with E-state index in [4.69, 9.17) is 4.42 Å². The fraction of sp³-hybridized carbons (Fsp3) is 0.529. The van der Waals surface area contributed by atoms with E-state index in [-0.39, 0.29) is 0 Å². The van der Waals surface area contributed by atoms with Gasteiger partial charge in [0.1, 0.15) is 16.9 Å². The first-order chi connectivity index (χ1) is 9.58. The molecule has 1 saturated heterocycles. The van der Waals surface area contributed by atoms with Crippen molar-refractivity contribution in [2.24, 2.45) is 0 Å². The van der Waals surface area contributed by atoms with Crippen molar-refractivity contribution in [2.45, 2.75) is 44.8 Å². The second-order valence-corrected chi connectivity index (χ2v) is 6.16. The lowest BCUT2D eigenvalue weighted by atomic mass is 9.92. The van der Waals surface area contributed by atoms with Crippen LogP contribution in [-0.4, -0.2) is 29.1 Å². The summed E-state index contributed by atoms with van der Waals surface area (Å²) in [6, 6.07) is 10.5. The van der Waals surface area contributed by atoms with Gasteiger partial charge in [-0.2, -0.15) is 0 Å². The van der Waals surface area contributed by atoms with Gasteiger partial charge in [0.25, 0.3) is 0 Å². The van der Waals surface area contributed by atoms with Crippen LogP contribution in [0, 0.1) is 0 Å². The molecule has 1 atom stereocenters. The van der Waals surface area contributed by atoms with Crippen LogP contribution in [0.1, 0.15) is 38.9 Å². The molecular weight excluding hydrogens is 250 g/mol. The lowest BCUT2D eigenvalue weighted by Crippen LogP contribution is -2.33. The Morgan fingerprint density at radius 2 is 2.00 bits per heavy atom. The number of para-hydroxylation sites is 1. The Bertz CT molecular complexity index is 556. The fourth-order valence-corrected chi connectivity index (χ4v) is 3.11. The van der Waals surface area contributed by atoms with E-state index in [2.05, 4.69) is 18.7 Å². The molecule has 0 radical (unpaired) electrons. The highest BCUT2D eigenvalue weighted by Gasteiger charge is 2.35. The van der Waals surface area contributed by atoms with Crippen molar-refractivity contribution in [1.29, 1.82) is 0 Å². The zero-order valence-electron chi connectivity index (χ0n) is 12.3. The molecule has 1 aliphatic heterocycles. The van der Waals surface area contributed by atoms with E-state index < -0.39 is 5.60 Å². The number of likely N-dealkylation sites (tertiary alicyclic amines) is 1. The Morgan fingerprint density at radius 3 is 2.75 bits per heavy atom. The Kier molecular flexibility index (Phi) is 3.57. The maximum atomic E-state index is 11.0. The smallest absolute Gasteiger partial charge is 0.136 e. The zero-order chi connectivity index (χ0) is 14.2. The van der Waals surface area contributed by atoms with Gasteiger partial charge >= 0.3 is 0 Å². The molecule has 0 spiro atoms. The number of aliphatic hydroxyl groups is 1. The second kappa shape index (κ2) is 5.23. The molecular formula is C17H23NO2. The largest absolute Gasteiger partial charge is 0.458 e. The molecule has 0 amide bonds. The van der Waals surface area contributed by atoms with Crippen LogP contribution in [0.15, 0.2) is 34.7 Å². The summed E-state index contributed by atoms with van der Waals surface area (Å²) in [7, 11) is 0. The van der Waals surface area contributed by atoms with Gasteiger partial charge in [0, 0.05) is 18.0 Å². The summed E-state index contributed by atoms with van der Waals surface area (Å²) in [6.07, 6.45) is 2.52. The number of nitrogens with zero attached hydrogens (tertiary/aromatic N) is 1. The lowest BCUT2D eigenvalue weighted by Gasteiger charge is -2.26. The first-order valence-corrected chi connectivity index (χ1v) is 7.54. The first kappa shape index (κ1) is 13.7. The van der Waals surface area contributed by atoms with E-state index in [0.717, 1.165) is 49.1 Å². The van der Waals surface area contributed by atoms with Crippen molar-refractivity contribution in [3.8, 4) is 0 Å². The minimum atomic E-state index is -0.817. The van der Waals surface area contributed by atoms with Gasteiger partial charge in [-0.1, -0.05) is 18.2 Å². The van der Waals surface area contributed by atoms with Gasteiger partial charge < -0.3 is 14.4 Å². The van der Waals surface area contributed by atoms with Crippen LogP contribution in [0.25, 0.3) is 11.0 Å². The molecule has 1 aromatic carbocycles.